The summed E-state index contributed by atoms with van der Waals surface area (Å²) in [6, 6.07) is 5.16. The first-order valence-electron chi connectivity index (χ1n) is 4.57. The van der Waals surface area contributed by atoms with Gasteiger partial charge in [0.2, 0.25) is 11.6 Å². The van der Waals surface area contributed by atoms with Gasteiger partial charge in [0.25, 0.3) is 0 Å². The first-order chi connectivity index (χ1) is 8.04. The lowest BCUT2D eigenvalue weighted by Crippen LogP contribution is -1.95. The predicted molar refractivity (Wildman–Crippen MR) is 58.5 cm³/mol. The van der Waals surface area contributed by atoms with E-state index in [-0.39, 0.29) is 11.4 Å². The van der Waals surface area contributed by atoms with E-state index in [0.29, 0.717) is 12.3 Å². The Morgan fingerprint density at radius 3 is 2.41 bits per heavy atom. The summed E-state index contributed by atoms with van der Waals surface area (Å²) in [7, 11) is 0. The molecule has 1 rings (SSSR count). The summed E-state index contributed by atoms with van der Waals surface area (Å²) in [6.07, 6.45) is 1.23. The molecule has 0 fully saturated rings. The Morgan fingerprint density at radius 1 is 1.29 bits per heavy atom. The number of halogens is 2. The van der Waals surface area contributed by atoms with Gasteiger partial charge < -0.3 is 5.11 Å². The molecule has 0 radical (unpaired) electrons. The Labute approximate surface area is 96.4 Å². The maximum Gasteiger partial charge on any atom is 0.216 e. The van der Waals surface area contributed by atoms with Crippen LogP contribution < -0.4 is 5.11 Å². The number of nitrogens with zero attached hydrogens (tertiary/aromatic N) is 1. The van der Waals surface area contributed by atoms with Crippen LogP contribution in [-0.4, -0.2) is 12.0 Å². The number of allylic oxidation sites excluding steroid dienone is 3. The zero-order valence-corrected chi connectivity index (χ0v) is 8.69. The molecule has 0 N–H and O–H groups in total. The zero-order chi connectivity index (χ0) is 12.8. The Balaban J connectivity index is 2.87. The molecule has 5 heteroatoms. The van der Waals surface area contributed by atoms with Crippen molar-refractivity contribution in [3.05, 3.63) is 48.6 Å². The molecule has 0 saturated carbocycles. The summed E-state index contributed by atoms with van der Waals surface area (Å²) in [5, 5.41) is 10.7. The Morgan fingerprint density at radius 2 is 1.88 bits per heavy atom. The minimum absolute atomic E-state index is 0.215. The minimum atomic E-state index is -1.55. The molecule has 0 aliphatic carbocycles. The molecule has 1 aromatic carbocycles. The zero-order valence-electron chi connectivity index (χ0n) is 8.69. The maximum atomic E-state index is 13.0. The van der Waals surface area contributed by atoms with Crippen molar-refractivity contribution < 1.29 is 18.7 Å². The Kier molecular flexibility index (Phi) is 4.28. The molecule has 1 aromatic rings. The molecule has 3 nitrogen and oxygen atoms in total. The maximum absolute atomic E-state index is 13.0. The summed E-state index contributed by atoms with van der Waals surface area (Å²) in [5.74, 6) is -4.30. The molecule has 0 bridgehead atoms. The van der Waals surface area contributed by atoms with Crippen LogP contribution in [0.3, 0.4) is 0 Å². The van der Waals surface area contributed by atoms with Crippen LogP contribution in [0.2, 0.25) is 0 Å². The smallest absolute Gasteiger partial charge is 0.216 e. The number of carbonyl (C=O) groups excluding carboxylic acids is 1. The van der Waals surface area contributed by atoms with Crippen LogP contribution in [0.4, 0.5) is 14.5 Å². The SMILES string of the molecule is C=CC(=O)/C(F)=C(\F)C=Nc1ccc([O-])cc1. The third-order valence-electron chi connectivity index (χ3n) is 1.78. The van der Waals surface area contributed by atoms with E-state index < -0.39 is 17.4 Å². The van der Waals surface area contributed by atoms with E-state index in [1.807, 2.05) is 0 Å². The van der Waals surface area contributed by atoms with Crippen LogP contribution in [0.1, 0.15) is 0 Å². The van der Waals surface area contributed by atoms with Crippen molar-refractivity contribution in [2.24, 2.45) is 4.99 Å². The highest BCUT2D eigenvalue weighted by atomic mass is 19.2. The lowest BCUT2D eigenvalue weighted by molar-refractivity contribution is -0.268. The van der Waals surface area contributed by atoms with Crippen LogP contribution in [0.15, 0.2) is 53.6 Å². The van der Waals surface area contributed by atoms with Crippen molar-refractivity contribution >= 4 is 17.7 Å². The number of hydrogen-bond donors (Lipinski definition) is 0. The highest BCUT2D eigenvalue weighted by molar-refractivity contribution is 6.05. The van der Waals surface area contributed by atoms with Crippen LogP contribution in [0.25, 0.3) is 0 Å². The first kappa shape index (κ1) is 12.8. The molecule has 0 spiro atoms. The molecule has 0 atom stereocenters. The fraction of sp³-hybridized carbons (Fsp3) is 0. The molecule has 17 heavy (non-hydrogen) atoms. The topological polar surface area (TPSA) is 52.5 Å². The van der Waals surface area contributed by atoms with Gasteiger partial charge in [0.15, 0.2) is 5.83 Å². The van der Waals surface area contributed by atoms with Crippen molar-refractivity contribution in [1.29, 1.82) is 0 Å². The van der Waals surface area contributed by atoms with E-state index in [1.165, 1.54) is 24.3 Å². The average Bonchev–Trinajstić information content (AvgIpc) is 2.35. The average molecular weight is 236 g/mol. The van der Waals surface area contributed by atoms with Crippen molar-refractivity contribution in [1.82, 2.24) is 0 Å². The highest BCUT2D eigenvalue weighted by Gasteiger charge is 2.10. The van der Waals surface area contributed by atoms with E-state index in [2.05, 4.69) is 11.6 Å². The van der Waals surface area contributed by atoms with Gasteiger partial charge in [0.05, 0.1) is 11.9 Å². The van der Waals surface area contributed by atoms with Gasteiger partial charge in [-0.15, -0.1) is 5.75 Å². The molecule has 0 heterocycles. The largest absolute Gasteiger partial charge is 0.872 e. The number of hydrogen-bond acceptors (Lipinski definition) is 3. The molecular formula is C12H8F2NO2-. The van der Waals surface area contributed by atoms with Gasteiger partial charge >= 0.3 is 0 Å². The Bertz CT molecular complexity index is 490. The number of rotatable bonds is 4. The van der Waals surface area contributed by atoms with Crippen molar-refractivity contribution in [2.45, 2.75) is 0 Å². The molecule has 0 aliphatic heterocycles. The second kappa shape index (κ2) is 5.69. The van der Waals surface area contributed by atoms with Crippen LogP contribution >= 0.6 is 0 Å². The third-order valence-corrected chi connectivity index (χ3v) is 1.78. The van der Waals surface area contributed by atoms with Gasteiger partial charge in [-0.25, -0.2) is 4.39 Å². The van der Waals surface area contributed by atoms with Crippen molar-refractivity contribution in [3.8, 4) is 5.75 Å². The molecular weight excluding hydrogens is 228 g/mol. The summed E-state index contributed by atoms with van der Waals surface area (Å²) < 4.78 is 25.9. The van der Waals surface area contributed by atoms with Crippen LogP contribution in [0.5, 0.6) is 5.75 Å². The van der Waals surface area contributed by atoms with Gasteiger partial charge in [-0.3, -0.25) is 9.79 Å². The van der Waals surface area contributed by atoms with Gasteiger partial charge in [0, 0.05) is 0 Å². The van der Waals surface area contributed by atoms with Gasteiger partial charge in [-0.1, -0.05) is 18.7 Å². The molecule has 0 aromatic heterocycles. The Hall–Kier alpha value is -2.30. The summed E-state index contributed by atoms with van der Waals surface area (Å²) >= 11 is 0. The second-order valence-corrected chi connectivity index (χ2v) is 2.98. The van der Waals surface area contributed by atoms with Gasteiger partial charge in [-0.05, 0) is 18.2 Å². The predicted octanol–water partition coefficient (Wildman–Crippen LogP) is 2.37. The van der Waals surface area contributed by atoms with Crippen molar-refractivity contribution in [2.75, 3.05) is 0 Å². The van der Waals surface area contributed by atoms with E-state index >= 15 is 0 Å². The summed E-state index contributed by atoms with van der Waals surface area (Å²) in [4.78, 5) is 14.3. The lowest BCUT2D eigenvalue weighted by Gasteiger charge is -2.02. The van der Waals surface area contributed by atoms with Gasteiger partial charge in [-0.2, -0.15) is 4.39 Å². The fourth-order valence-corrected chi connectivity index (χ4v) is 0.927. The molecule has 88 valence electrons. The van der Waals surface area contributed by atoms with Gasteiger partial charge in [0.1, 0.15) is 0 Å². The standard InChI is InChI=1S/C12H9F2NO2/c1-2-11(17)12(14)10(13)7-15-8-3-5-9(16)6-4-8/h2-7,16H,1H2/p-1/b12-10+,15-7?. The van der Waals surface area contributed by atoms with E-state index in [9.17, 15) is 18.7 Å². The normalized spacial score (nSPS) is 12.4. The quantitative estimate of drug-likeness (QED) is 0.595. The van der Waals surface area contributed by atoms with E-state index in [0.717, 1.165) is 0 Å². The van der Waals surface area contributed by atoms with Crippen LogP contribution in [0, 0.1) is 0 Å². The number of ketones is 1. The van der Waals surface area contributed by atoms with E-state index in [4.69, 9.17) is 0 Å². The second-order valence-electron chi connectivity index (χ2n) is 2.98. The highest BCUT2D eigenvalue weighted by Crippen LogP contribution is 2.16. The molecule has 0 amide bonds. The molecule has 0 unspecified atom stereocenters. The van der Waals surface area contributed by atoms with Crippen molar-refractivity contribution in [3.63, 3.8) is 0 Å². The van der Waals surface area contributed by atoms with Crippen LogP contribution in [-0.2, 0) is 4.79 Å². The number of aliphatic imine (C=N–C) groups is 1. The fourth-order valence-electron chi connectivity index (χ4n) is 0.927. The monoisotopic (exact) mass is 236 g/mol. The summed E-state index contributed by atoms with van der Waals surface area (Å²) in [5.41, 5.74) is 0.276. The summed E-state index contributed by atoms with van der Waals surface area (Å²) in [6.45, 7) is 3.02. The number of carbonyl (C=O) groups is 1. The van der Waals surface area contributed by atoms with E-state index in [1.54, 1.807) is 0 Å². The first-order valence-corrected chi connectivity index (χ1v) is 4.57. The minimum Gasteiger partial charge on any atom is -0.872 e. The number of benzene rings is 1. The molecule has 0 saturated heterocycles. The molecule has 0 aliphatic rings. The lowest BCUT2D eigenvalue weighted by atomic mass is 10.3. The third kappa shape index (κ3) is 3.64.